The van der Waals surface area contributed by atoms with E-state index in [0.717, 1.165) is 73.8 Å². The van der Waals surface area contributed by atoms with Gasteiger partial charge in [-0.2, -0.15) is 4.98 Å². The van der Waals surface area contributed by atoms with Crippen LogP contribution >= 0.6 is 0 Å². The van der Waals surface area contributed by atoms with Crippen LogP contribution in [0.15, 0.2) is 78.2 Å². The van der Waals surface area contributed by atoms with E-state index in [0.29, 0.717) is 53.7 Å². The number of unbranched alkanes of at least 4 members (excludes halogenated alkanes) is 1. The fourth-order valence-electron chi connectivity index (χ4n) is 8.95. The van der Waals surface area contributed by atoms with E-state index in [-0.39, 0.29) is 36.1 Å². The van der Waals surface area contributed by atoms with Crippen molar-refractivity contribution in [1.82, 2.24) is 39.4 Å². The van der Waals surface area contributed by atoms with Crippen molar-refractivity contribution in [2.45, 2.75) is 70.1 Å². The van der Waals surface area contributed by atoms with E-state index in [1.807, 2.05) is 31.2 Å². The molecule has 2 fully saturated rings. The standard InChI is InChI=1S/C45H48N10O7/c1-3-20-53-41(58)32-27-46-44(50-39(32)55(53)35-16-10-28-18-19-45(61,4-2)38(28)48-35)47-29-11-13-30(14-12-29)52-24-22-51(23-25-52)21-5-6-26-62-34-9-7-8-31-37(34)43(60)54(42(31)59)33-15-17-36(56)49-40(33)57/h3,7-14,16,27,33,61H,1,4-6,15,17-26H2,2H3,(H,46,47,50)(H,49,56,57)/t33?,45-/m1/s1. The maximum atomic E-state index is 13.5. The van der Waals surface area contributed by atoms with Gasteiger partial charge in [0.2, 0.25) is 17.8 Å². The quantitative estimate of drug-likeness (QED) is 0.0830. The number of aryl methyl sites for hydroxylation is 1. The van der Waals surface area contributed by atoms with E-state index < -0.39 is 35.3 Å². The van der Waals surface area contributed by atoms with Crippen LogP contribution in [0.5, 0.6) is 5.75 Å². The maximum Gasteiger partial charge on any atom is 0.278 e. The van der Waals surface area contributed by atoms with Crippen LogP contribution in [0.25, 0.3) is 16.9 Å². The first-order valence-corrected chi connectivity index (χ1v) is 21.2. The number of benzene rings is 2. The highest BCUT2D eigenvalue weighted by molar-refractivity contribution is 6.24. The summed E-state index contributed by atoms with van der Waals surface area (Å²) in [6.07, 6.45) is 6.87. The number of nitrogens with zero attached hydrogens (tertiary/aromatic N) is 8. The molecule has 1 aliphatic carbocycles. The molecular weight excluding hydrogens is 793 g/mol. The second-order valence-corrected chi connectivity index (χ2v) is 16.2. The number of piperazine rings is 1. The Kier molecular flexibility index (Phi) is 10.9. The summed E-state index contributed by atoms with van der Waals surface area (Å²) in [5.41, 5.74) is 3.04. The van der Waals surface area contributed by atoms with Crippen molar-refractivity contribution in [2.75, 3.05) is 49.5 Å². The molecule has 3 aromatic heterocycles. The molecule has 0 bridgehead atoms. The molecule has 4 amide bonds. The third-order valence-corrected chi connectivity index (χ3v) is 12.4. The number of piperidine rings is 1. The average molecular weight is 841 g/mol. The van der Waals surface area contributed by atoms with Gasteiger partial charge in [0.25, 0.3) is 17.4 Å². The second-order valence-electron chi connectivity index (χ2n) is 16.2. The Balaban J connectivity index is 0.777. The Morgan fingerprint density at radius 2 is 1.77 bits per heavy atom. The highest BCUT2D eigenvalue weighted by Gasteiger charge is 2.46. The minimum absolute atomic E-state index is 0.0619. The number of nitrogens with one attached hydrogen (secondary N) is 2. The molecule has 1 unspecified atom stereocenters. The Morgan fingerprint density at radius 1 is 0.968 bits per heavy atom. The van der Waals surface area contributed by atoms with E-state index >= 15 is 0 Å². The third kappa shape index (κ3) is 7.40. The number of imide groups is 2. The van der Waals surface area contributed by atoms with E-state index in [1.54, 1.807) is 29.0 Å². The highest BCUT2D eigenvalue weighted by atomic mass is 16.5. The average Bonchev–Trinajstić information content (AvgIpc) is 3.86. The van der Waals surface area contributed by atoms with E-state index in [9.17, 15) is 29.1 Å². The van der Waals surface area contributed by atoms with Gasteiger partial charge >= 0.3 is 0 Å². The Bertz CT molecular complexity index is 2670. The summed E-state index contributed by atoms with van der Waals surface area (Å²) in [5.74, 6) is -1.06. The SMILES string of the molecule is C=CCn1c(=O)c2cnc(Nc3ccc(N4CCN(CCCCOc5cccc6c5C(=O)N(C5CCC(=O)NC5=O)C6=O)CC4)cc3)nc2n1-c1ccc2c(n1)[C@@](O)(CC)CC2. The molecule has 0 saturated carbocycles. The molecule has 0 radical (unpaired) electrons. The molecular formula is C45H48N10O7. The molecule has 3 aliphatic heterocycles. The zero-order valence-electron chi connectivity index (χ0n) is 34.5. The van der Waals surface area contributed by atoms with Gasteiger partial charge in [-0.05, 0) is 93.1 Å². The van der Waals surface area contributed by atoms with Crippen LogP contribution in [0.2, 0.25) is 0 Å². The molecule has 62 heavy (non-hydrogen) atoms. The normalized spacial score (nSPS) is 20.1. The Morgan fingerprint density at radius 3 is 2.53 bits per heavy atom. The lowest BCUT2D eigenvalue weighted by Crippen LogP contribution is -2.54. The summed E-state index contributed by atoms with van der Waals surface area (Å²) in [6, 6.07) is 15.8. The Hall–Kier alpha value is -6.72. The number of amides is 4. The monoisotopic (exact) mass is 840 g/mol. The predicted octanol–water partition coefficient (Wildman–Crippen LogP) is 3.83. The minimum Gasteiger partial charge on any atom is -0.493 e. The molecule has 2 saturated heterocycles. The number of rotatable bonds is 14. The molecule has 6 heterocycles. The van der Waals surface area contributed by atoms with Gasteiger partial charge < -0.3 is 20.1 Å². The van der Waals surface area contributed by atoms with Gasteiger partial charge in [-0.15, -0.1) is 6.58 Å². The van der Waals surface area contributed by atoms with Crippen molar-refractivity contribution in [3.63, 3.8) is 0 Å². The number of carbonyl (C=O) groups excluding carboxylic acids is 4. The summed E-state index contributed by atoms with van der Waals surface area (Å²) in [5, 5.41) is 17.1. The van der Waals surface area contributed by atoms with Crippen molar-refractivity contribution in [3.8, 4) is 11.6 Å². The second kappa shape index (κ2) is 16.6. The van der Waals surface area contributed by atoms with Gasteiger partial charge in [-0.25, -0.2) is 19.3 Å². The lowest BCUT2D eigenvalue weighted by molar-refractivity contribution is -0.136. The first-order chi connectivity index (χ1) is 30.1. The molecule has 0 spiro atoms. The number of hydrogen-bond donors (Lipinski definition) is 3. The van der Waals surface area contributed by atoms with E-state index in [2.05, 4.69) is 44.1 Å². The fraction of sp³-hybridized carbons (Fsp3) is 0.378. The van der Waals surface area contributed by atoms with Crippen LogP contribution in [0.4, 0.5) is 17.3 Å². The van der Waals surface area contributed by atoms with Gasteiger partial charge in [-0.1, -0.05) is 25.1 Å². The zero-order chi connectivity index (χ0) is 43.1. The smallest absolute Gasteiger partial charge is 0.278 e. The topological polar surface area (TPSA) is 197 Å². The summed E-state index contributed by atoms with van der Waals surface area (Å²) >= 11 is 0. The van der Waals surface area contributed by atoms with Gasteiger partial charge in [0.15, 0.2) is 11.5 Å². The first-order valence-electron chi connectivity index (χ1n) is 21.2. The van der Waals surface area contributed by atoms with Crippen LogP contribution in [0, 0.1) is 0 Å². The maximum absolute atomic E-state index is 13.5. The van der Waals surface area contributed by atoms with Crippen molar-refractivity contribution in [1.29, 1.82) is 0 Å². The molecule has 2 atom stereocenters. The molecule has 3 N–H and O–H groups in total. The van der Waals surface area contributed by atoms with E-state index in [4.69, 9.17) is 14.7 Å². The van der Waals surface area contributed by atoms with Gasteiger partial charge in [0, 0.05) is 50.2 Å². The molecule has 17 nitrogen and oxygen atoms in total. The summed E-state index contributed by atoms with van der Waals surface area (Å²) in [4.78, 5) is 83.9. The minimum atomic E-state index is -1.02. The molecule has 2 aromatic carbocycles. The molecule has 320 valence electrons. The molecule has 4 aliphatic rings. The highest BCUT2D eigenvalue weighted by Crippen LogP contribution is 2.39. The van der Waals surface area contributed by atoms with Crippen LogP contribution in [0.1, 0.15) is 77.4 Å². The number of allylic oxidation sites excluding steroid dienone is 1. The van der Waals surface area contributed by atoms with Crippen molar-refractivity contribution < 1.29 is 29.0 Å². The molecule has 9 rings (SSSR count). The van der Waals surface area contributed by atoms with Crippen LogP contribution in [-0.4, -0.2) is 108 Å². The Labute approximate surface area is 357 Å². The molecule has 5 aromatic rings. The number of carbonyl (C=O) groups is 4. The number of hydrogen-bond acceptors (Lipinski definition) is 13. The van der Waals surface area contributed by atoms with Crippen LogP contribution < -0.4 is 25.8 Å². The number of anilines is 3. The number of fused-ring (bicyclic) bond motifs is 3. The van der Waals surface area contributed by atoms with Crippen molar-refractivity contribution in [2.24, 2.45) is 0 Å². The molecule has 17 heteroatoms. The number of pyridine rings is 1. The lowest BCUT2D eigenvalue weighted by Gasteiger charge is -2.36. The van der Waals surface area contributed by atoms with Gasteiger partial charge in [-0.3, -0.25) is 39.1 Å². The van der Waals surface area contributed by atoms with E-state index in [1.165, 1.54) is 10.9 Å². The number of aliphatic hydroxyl groups is 1. The fourth-order valence-corrected chi connectivity index (χ4v) is 8.95. The number of aromatic nitrogens is 5. The largest absolute Gasteiger partial charge is 0.493 e. The summed E-state index contributed by atoms with van der Waals surface area (Å²) in [6.45, 7) is 10.8. The van der Waals surface area contributed by atoms with Crippen LogP contribution in [0.3, 0.4) is 0 Å². The summed E-state index contributed by atoms with van der Waals surface area (Å²) < 4.78 is 9.23. The van der Waals surface area contributed by atoms with Gasteiger partial charge in [0.1, 0.15) is 22.8 Å². The van der Waals surface area contributed by atoms with Crippen molar-refractivity contribution in [3.05, 3.63) is 106 Å². The lowest BCUT2D eigenvalue weighted by atomic mass is 9.98. The zero-order valence-corrected chi connectivity index (χ0v) is 34.5. The first kappa shape index (κ1) is 40.7. The van der Waals surface area contributed by atoms with Crippen molar-refractivity contribution >= 4 is 52.0 Å². The predicted molar refractivity (Wildman–Crippen MR) is 230 cm³/mol. The third-order valence-electron chi connectivity index (χ3n) is 12.4. The van der Waals surface area contributed by atoms with Gasteiger partial charge in [0.05, 0.1) is 30.0 Å². The summed E-state index contributed by atoms with van der Waals surface area (Å²) in [7, 11) is 0. The number of ether oxygens (including phenoxy) is 1. The van der Waals surface area contributed by atoms with Crippen LogP contribution in [-0.2, 0) is 28.2 Å².